The van der Waals surface area contributed by atoms with Gasteiger partial charge in [-0.3, -0.25) is 9.48 Å². The first kappa shape index (κ1) is 27.6. The van der Waals surface area contributed by atoms with Gasteiger partial charge in [0.2, 0.25) is 5.91 Å². The Kier molecular flexibility index (Phi) is 9.52. The van der Waals surface area contributed by atoms with Crippen LogP contribution >= 0.6 is 0 Å². The fraction of sp³-hybridized carbons (Fsp3) is 0.529. The molecule has 5 rings (SSSR count). The maximum atomic E-state index is 13.4. The SMILES string of the molecule is CCCCCC1CCC(NCC(=O)N2CCCC2CCCc2ccccc2)c2cc(-c3ccc(C)cc3)nn21. The van der Waals surface area contributed by atoms with Crippen LogP contribution in [0, 0.1) is 6.92 Å². The number of aromatic nitrogens is 2. The quantitative estimate of drug-likeness (QED) is 0.250. The second-order valence-electron chi connectivity index (χ2n) is 11.7. The molecule has 2 aliphatic heterocycles. The van der Waals surface area contributed by atoms with E-state index in [1.54, 1.807) is 0 Å². The number of hydrogen-bond donors (Lipinski definition) is 1. The first-order valence-corrected chi connectivity index (χ1v) is 15.4. The van der Waals surface area contributed by atoms with Crippen LogP contribution < -0.4 is 5.32 Å². The highest BCUT2D eigenvalue weighted by molar-refractivity contribution is 5.79. The molecule has 1 fully saturated rings. The van der Waals surface area contributed by atoms with Gasteiger partial charge in [-0.1, -0.05) is 86.3 Å². The Morgan fingerprint density at radius 1 is 0.949 bits per heavy atom. The molecule has 5 nitrogen and oxygen atoms in total. The number of amides is 1. The van der Waals surface area contributed by atoms with Gasteiger partial charge in [0.25, 0.3) is 0 Å². The highest BCUT2D eigenvalue weighted by Crippen LogP contribution is 2.37. The smallest absolute Gasteiger partial charge is 0.236 e. The Morgan fingerprint density at radius 3 is 2.54 bits per heavy atom. The van der Waals surface area contributed by atoms with Crippen LogP contribution in [0.3, 0.4) is 0 Å². The van der Waals surface area contributed by atoms with E-state index in [1.807, 2.05) is 0 Å². The lowest BCUT2D eigenvalue weighted by Gasteiger charge is -2.32. The molecule has 3 atom stereocenters. The third kappa shape index (κ3) is 7.00. The van der Waals surface area contributed by atoms with Gasteiger partial charge in [-0.05, 0) is 69.9 Å². The third-order valence-corrected chi connectivity index (χ3v) is 8.79. The van der Waals surface area contributed by atoms with E-state index in [4.69, 9.17) is 5.10 Å². The average Bonchev–Trinajstić information content (AvgIpc) is 3.62. The molecular formula is C34H46N4O. The van der Waals surface area contributed by atoms with Crippen molar-refractivity contribution in [2.45, 2.75) is 103 Å². The normalized spacial score (nSPS) is 20.8. The van der Waals surface area contributed by atoms with Crippen LogP contribution in [-0.2, 0) is 11.2 Å². The Balaban J connectivity index is 1.22. The van der Waals surface area contributed by atoms with Crippen LogP contribution in [0.25, 0.3) is 11.3 Å². The minimum Gasteiger partial charge on any atom is -0.339 e. The molecule has 2 aliphatic rings. The van der Waals surface area contributed by atoms with Crippen molar-refractivity contribution in [1.82, 2.24) is 20.0 Å². The minimum absolute atomic E-state index is 0.169. The van der Waals surface area contributed by atoms with Crippen LogP contribution in [0.5, 0.6) is 0 Å². The summed E-state index contributed by atoms with van der Waals surface area (Å²) in [5.74, 6) is 0.257. The van der Waals surface area contributed by atoms with E-state index >= 15 is 0 Å². The van der Waals surface area contributed by atoms with Gasteiger partial charge < -0.3 is 10.2 Å². The number of nitrogens with zero attached hydrogens (tertiary/aromatic N) is 3. The number of carbonyl (C=O) groups is 1. The number of rotatable bonds is 12. The molecule has 39 heavy (non-hydrogen) atoms. The Labute approximate surface area is 235 Å². The maximum Gasteiger partial charge on any atom is 0.236 e. The fourth-order valence-electron chi connectivity index (χ4n) is 6.52. The van der Waals surface area contributed by atoms with E-state index in [0.29, 0.717) is 18.6 Å². The summed E-state index contributed by atoms with van der Waals surface area (Å²) < 4.78 is 2.29. The van der Waals surface area contributed by atoms with Gasteiger partial charge in [-0.25, -0.2) is 0 Å². The Bertz CT molecular complexity index is 1190. The van der Waals surface area contributed by atoms with Crippen molar-refractivity contribution < 1.29 is 4.79 Å². The predicted molar refractivity (Wildman–Crippen MR) is 160 cm³/mol. The van der Waals surface area contributed by atoms with Gasteiger partial charge in [-0.15, -0.1) is 0 Å². The zero-order valence-corrected chi connectivity index (χ0v) is 23.9. The molecule has 2 aromatic carbocycles. The lowest BCUT2D eigenvalue weighted by molar-refractivity contribution is -0.131. The summed E-state index contributed by atoms with van der Waals surface area (Å²) in [5.41, 5.74) is 6.11. The van der Waals surface area contributed by atoms with Crippen molar-refractivity contribution in [3.8, 4) is 11.3 Å². The molecule has 3 aromatic rings. The van der Waals surface area contributed by atoms with Gasteiger partial charge in [0.1, 0.15) is 0 Å². The molecule has 208 valence electrons. The molecule has 1 N–H and O–H groups in total. The molecule has 0 saturated carbocycles. The molecule has 3 unspecified atom stereocenters. The number of unbranched alkanes of at least 4 members (excludes halogenated alkanes) is 2. The van der Waals surface area contributed by atoms with Crippen molar-refractivity contribution in [2.75, 3.05) is 13.1 Å². The molecule has 3 heterocycles. The van der Waals surface area contributed by atoms with Gasteiger partial charge in [0.15, 0.2) is 0 Å². The van der Waals surface area contributed by atoms with E-state index in [0.717, 1.165) is 57.2 Å². The van der Waals surface area contributed by atoms with E-state index < -0.39 is 0 Å². The maximum absolute atomic E-state index is 13.4. The van der Waals surface area contributed by atoms with Crippen molar-refractivity contribution >= 4 is 5.91 Å². The zero-order valence-electron chi connectivity index (χ0n) is 23.9. The minimum atomic E-state index is 0.169. The summed E-state index contributed by atoms with van der Waals surface area (Å²) in [6.07, 6.45) is 12.7. The van der Waals surface area contributed by atoms with Crippen LogP contribution in [-0.4, -0.2) is 39.7 Å². The molecule has 0 aliphatic carbocycles. The number of nitrogens with one attached hydrogen (secondary N) is 1. The molecule has 0 spiro atoms. The number of aryl methyl sites for hydroxylation is 2. The second kappa shape index (κ2) is 13.4. The molecule has 0 bridgehead atoms. The van der Waals surface area contributed by atoms with Gasteiger partial charge >= 0.3 is 0 Å². The number of hydrogen-bond acceptors (Lipinski definition) is 3. The van der Waals surface area contributed by atoms with Crippen LogP contribution in [0.2, 0.25) is 0 Å². The molecule has 5 heteroatoms. The van der Waals surface area contributed by atoms with Gasteiger partial charge in [-0.2, -0.15) is 5.10 Å². The molecular weight excluding hydrogens is 480 g/mol. The molecule has 1 aromatic heterocycles. The lowest BCUT2D eigenvalue weighted by atomic mass is 9.94. The highest BCUT2D eigenvalue weighted by atomic mass is 16.2. The highest BCUT2D eigenvalue weighted by Gasteiger charge is 2.32. The first-order chi connectivity index (χ1) is 19.1. The number of fused-ring (bicyclic) bond motifs is 1. The summed E-state index contributed by atoms with van der Waals surface area (Å²) in [5, 5.41) is 8.78. The van der Waals surface area contributed by atoms with E-state index in [2.05, 4.69) is 89.4 Å². The van der Waals surface area contributed by atoms with Crippen molar-refractivity contribution in [3.63, 3.8) is 0 Å². The number of benzene rings is 2. The zero-order chi connectivity index (χ0) is 27.0. The second-order valence-corrected chi connectivity index (χ2v) is 11.7. The van der Waals surface area contributed by atoms with E-state index in [-0.39, 0.29) is 11.9 Å². The summed E-state index contributed by atoms with van der Waals surface area (Å²) in [7, 11) is 0. The summed E-state index contributed by atoms with van der Waals surface area (Å²) >= 11 is 0. The first-order valence-electron chi connectivity index (χ1n) is 15.4. The predicted octanol–water partition coefficient (Wildman–Crippen LogP) is 7.42. The number of likely N-dealkylation sites (tertiary alicyclic amines) is 1. The standard InChI is InChI=1S/C34H46N4O/c1-3-4-6-14-30-21-22-31(33-24-32(36-38(30)33)28-19-17-26(2)18-20-28)35-25-34(39)37-23-10-16-29(37)15-9-13-27-11-7-5-8-12-27/h5,7-8,11-12,17-20,24,29-31,35H,3-4,6,9-10,13-16,21-23,25H2,1-2H3. The van der Waals surface area contributed by atoms with Gasteiger partial charge in [0.05, 0.1) is 24.0 Å². The van der Waals surface area contributed by atoms with Crippen molar-refractivity contribution in [3.05, 3.63) is 77.5 Å². The Hall–Kier alpha value is -2.92. The molecule has 1 amide bonds. The lowest BCUT2D eigenvalue weighted by Crippen LogP contribution is -2.43. The van der Waals surface area contributed by atoms with Crippen molar-refractivity contribution in [1.29, 1.82) is 0 Å². The molecule has 1 saturated heterocycles. The topological polar surface area (TPSA) is 50.2 Å². The average molecular weight is 527 g/mol. The number of carbonyl (C=O) groups excluding carboxylic acids is 1. The van der Waals surface area contributed by atoms with E-state index in [9.17, 15) is 4.79 Å². The summed E-state index contributed by atoms with van der Waals surface area (Å²) in [6.45, 7) is 5.69. The van der Waals surface area contributed by atoms with Crippen LogP contribution in [0.1, 0.15) is 100 Å². The van der Waals surface area contributed by atoms with E-state index in [1.165, 1.54) is 48.1 Å². The summed E-state index contributed by atoms with van der Waals surface area (Å²) in [4.78, 5) is 15.5. The van der Waals surface area contributed by atoms with Gasteiger partial charge in [0, 0.05) is 24.2 Å². The van der Waals surface area contributed by atoms with Crippen molar-refractivity contribution in [2.24, 2.45) is 0 Å². The fourth-order valence-corrected chi connectivity index (χ4v) is 6.52. The van der Waals surface area contributed by atoms with Crippen LogP contribution in [0.4, 0.5) is 0 Å². The summed E-state index contributed by atoms with van der Waals surface area (Å²) in [6, 6.07) is 22.6. The largest absolute Gasteiger partial charge is 0.339 e. The van der Waals surface area contributed by atoms with Crippen LogP contribution in [0.15, 0.2) is 60.7 Å². The molecule has 0 radical (unpaired) electrons. The third-order valence-electron chi connectivity index (χ3n) is 8.79. The monoisotopic (exact) mass is 526 g/mol. The Morgan fingerprint density at radius 2 is 1.74 bits per heavy atom.